The van der Waals surface area contributed by atoms with E-state index in [0.717, 1.165) is 48.2 Å². The van der Waals surface area contributed by atoms with E-state index in [-0.39, 0.29) is 17.7 Å². The molecule has 3 heterocycles. The summed E-state index contributed by atoms with van der Waals surface area (Å²) >= 11 is 0. The summed E-state index contributed by atoms with van der Waals surface area (Å²) in [5, 5.41) is 15.8. The summed E-state index contributed by atoms with van der Waals surface area (Å²) in [6, 6.07) is 11.2. The topological polar surface area (TPSA) is 80.5 Å². The van der Waals surface area contributed by atoms with Gasteiger partial charge < -0.3 is 9.84 Å². The van der Waals surface area contributed by atoms with Crippen LogP contribution < -0.4 is 9.64 Å². The lowest BCUT2D eigenvalue weighted by Crippen LogP contribution is -2.38. The maximum absolute atomic E-state index is 13.4. The molecule has 1 aliphatic heterocycles. The van der Waals surface area contributed by atoms with Crippen LogP contribution in [-0.4, -0.2) is 39.4 Å². The van der Waals surface area contributed by atoms with Gasteiger partial charge in [0.25, 0.3) is 0 Å². The SMILES string of the molecule is COc1ccc(-n2nc3c(c2O)CCN(C(=O)C2CCCCC2)c2ncccc2-3)cc1. The van der Waals surface area contributed by atoms with Crippen LogP contribution in [0.3, 0.4) is 0 Å². The number of hydrogen-bond acceptors (Lipinski definition) is 5. The molecular weight excluding hydrogens is 392 g/mol. The number of carbonyl (C=O) groups is 1. The number of amides is 1. The van der Waals surface area contributed by atoms with E-state index in [1.54, 1.807) is 18.0 Å². The standard InChI is InChI=1S/C24H26N4O3/c1-31-18-11-9-17(10-12-18)28-24(30)20-13-15-27(23(29)16-6-3-2-4-7-16)22-19(21(20)26-28)8-5-14-25-22/h5,8-12,14,16,30H,2-4,6-7,13,15H2,1H3. The number of anilines is 1. The normalized spacial score (nSPS) is 16.4. The van der Waals surface area contributed by atoms with Gasteiger partial charge in [0.2, 0.25) is 11.8 Å². The maximum atomic E-state index is 13.4. The highest BCUT2D eigenvalue weighted by atomic mass is 16.5. The molecule has 0 atom stereocenters. The molecule has 2 aromatic heterocycles. The van der Waals surface area contributed by atoms with Gasteiger partial charge in [-0.3, -0.25) is 9.69 Å². The molecule has 2 aliphatic rings. The summed E-state index contributed by atoms with van der Waals surface area (Å²) in [6.07, 6.45) is 7.54. The molecule has 7 nitrogen and oxygen atoms in total. The molecule has 0 saturated heterocycles. The number of hydrogen-bond donors (Lipinski definition) is 1. The van der Waals surface area contributed by atoms with Gasteiger partial charge in [-0.1, -0.05) is 19.3 Å². The van der Waals surface area contributed by atoms with E-state index >= 15 is 0 Å². The number of methoxy groups -OCH3 is 1. The van der Waals surface area contributed by atoms with E-state index < -0.39 is 0 Å². The number of fused-ring (bicyclic) bond motifs is 3. The van der Waals surface area contributed by atoms with Gasteiger partial charge in [0, 0.05) is 29.8 Å². The number of rotatable bonds is 3. The van der Waals surface area contributed by atoms with Crippen molar-refractivity contribution in [1.82, 2.24) is 14.8 Å². The van der Waals surface area contributed by atoms with Crippen LogP contribution in [0.5, 0.6) is 11.6 Å². The molecule has 160 valence electrons. The third-order valence-electron chi connectivity index (χ3n) is 6.38. The van der Waals surface area contributed by atoms with Gasteiger partial charge in [0.1, 0.15) is 17.3 Å². The van der Waals surface area contributed by atoms with E-state index in [0.29, 0.717) is 24.5 Å². The Morgan fingerprint density at radius 3 is 2.65 bits per heavy atom. The van der Waals surface area contributed by atoms with Gasteiger partial charge in [-0.2, -0.15) is 5.10 Å². The number of nitrogens with zero attached hydrogens (tertiary/aromatic N) is 4. The molecule has 1 amide bonds. The van der Waals surface area contributed by atoms with Crippen molar-refractivity contribution >= 4 is 11.7 Å². The number of pyridine rings is 1. The lowest BCUT2D eigenvalue weighted by molar-refractivity contribution is -0.123. The van der Waals surface area contributed by atoms with Gasteiger partial charge in [-0.25, -0.2) is 9.67 Å². The Kier molecular flexibility index (Phi) is 5.10. The minimum absolute atomic E-state index is 0.0573. The number of aromatic hydroxyl groups is 1. The fourth-order valence-corrected chi connectivity index (χ4v) is 4.70. The quantitative estimate of drug-likeness (QED) is 0.692. The molecule has 1 fully saturated rings. The highest BCUT2D eigenvalue weighted by Crippen LogP contribution is 2.40. The summed E-state index contributed by atoms with van der Waals surface area (Å²) in [5.41, 5.74) is 2.94. The molecular formula is C24H26N4O3. The second kappa shape index (κ2) is 8.06. The summed E-state index contributed by atoms with van der Waals surface area (Å²) in [5.74, 6) is 1.68. The van der Waals surface area contributed by atoms with Crippen LogP contribution in [0, 0.1) is 5.92 Å². The van der Waals surface area contributed by atoms with Gasteiger partial charge >= 0.3 is 0 Å². The zero-order valence-corrected chi connectivity index (χ0v) is 17.6. The van der Waals surface area contributed by atoms with Crippen molar-refractivity contribution in [3.05, 3.63) is 48.2 Å². The Morgan fingerprint density at radius 2 is 1.90 bits per heavy atom. The first kappa shape index (κ1) is 19.6. The van der Waals surface area contributed by atoms with Crippen LogP contribution in [0.25, 0.3) is 16.9 Å². The third-order valence-corrected chi connectivity index (χ3v) is 6.38. The summed E-state index contributed by atoms with van der Waals surface area (Å²) < 4.78 is 6.77. The molecule has 5 rings (SSSR count). The van der Waals surface area contributed by atoms with Crippen LogP contribution in [-0.2, 0) is 11.2 Å². The van der Waals surface area contributed by atoms with Gasteiger partial charge in [0.05, 0.1) is 12.8 Å². The van der Waals surface area contributed by atoms with Gasteiger partial charge in [0.15, 0.2) is 0 Å². The minimum atomic E-state index is 0.0573. The summed E-state index contributed by atoms with van der Waals surface area (Å²) in [7, 11) is 1.62. The molecule has 7 heteroatoms. The van der Waals surface area contributed by atoms with Crippen molar-refractivity contribution in [2.24, 2.45) is 5.92 Å². The van der Waals surface area contributed by atoms with E-state index in [9.17, 15) is 9.90 Å². The Labute approximate surface area is 181 Å². The number of benzene rings is 1. The van der Waals surface area contributed by atoms with E-state index in [1.807, 2.05) is 41.3 Å². The van der Waals surface area contributed by atoms with Crippen molar-refractivity contribution in [3.63, 3.8) is 0 Å². The van der Waals surface area contributed by atoms with Crippen molar-refractivity contribution < 1.29 is 14.6 Å². The number of carbonyl (C=O) groups excluding carboxylic acids is 1. The number of ether oxygens (including phenoxy) is 1. The van der Waals surface area contributed by atoms with Crippen LogP contribution in [0.1, 0.15) is 37.7 Å². The molecule has 0 unspecified atom stereocenters. The maximum Gasteiger partial charge on any atom is 0.231 e. The molecule has 1 aliphatic carbocycles. The Hall–Kier alpha value is -3.35. The predicted molar refractivity (Wildman–Crippen MR) is 118 cm³/mol. The highest BCUT2D eigenvalue weighted by molar-refractivity contribution is 5.98. The van der Waals surface area contributed by atoms with Crippen molar-refractivity contribution in [3.8, 4) is 28.6 Å². The molecule has 1 aromatic carbocycles. The first-order valence-electron chi connectivity index (χ1n) is 10.9. The van der Waals surface area contributed by atoms with Gasteiger partial charge in [-0.15, -0.1) is 0 Å². The van der Waals surface area contributed by atoms with Crippen LogP contribution in [0.2, 0.25) is 0 Å². The zero-order chi connectivity index (χ0) is 21.4. The van der Waals surface area contributed by atoms with Crippen molar-refractivity contribution in [2.45, 2.75) is 38.5 Å². The average molecular weight is 418 g/mol. The fraction of sp³-hybridized carbons (Fsp3) is 0.375. The van der Waals surface area contributed by atoms with E-state index in [1.165, 1.54) is 6.42 Å². The molecule has 3 aromatic rings. The molecule has 0 bridgehead atoms. The highest BCUT2D eigenvalue weighted by Gasteiger charge is 2.33. The summed E-state index contributed by atoms with van der Waals surface area (Å²) in [4.78, 5) is 19.7. The largest absolute Gasteiger partial charge is 0.497 e. The third kappa shape index (κ3) is 3.44. The minimum Gasteiger partial charge on any atom is -0.497 e. The van der Waals surface area contributed by atoms with Gasteiger partial charge in [-0.05, 0) is 55.7 Å². The second-order valence-corrected chi connectivity index (χ2v) is 8.21. The molecule has 31 heavy (non-hydrogen) atoms. The molecule has 1 saturated carbocycles. The Bertz CT molecular complexity index is 1100. The average Bonchev–Trinajstić information content (AvgIpc) is 3.06. The lowest BCUT2D eigenvalue weighted by atomic mass is 9.88. The van der Waals surface area contributed by atoms with Crippen molar-refractivity contribution in [2.75, 3.05) is 18.6 Å². The second-order valence-electron chi connectivity index (χ2n) is 8.21. The van der Waals surface area contributed by atoms with Crippen molar-refractivity contribution in [1.29, 1.82) is 0 Å². The summed E-state index contributed by atoms with van der Waals surface area (Å²) in [6.45, 7) is 0.480. The van der Waals surface area contributed by atoms with E-state index in [2.05, 4.69) is 4.98 Å². The Morgan fingerprint density at radius 1 is 1.13 bits per heavy atom. The van der Waals surface area contributed by atoms with Crippen LogP contribution in [0.15, 0.2) is 42.6 Å². The van der Waals surface area contributed by atoms with E-state index in [4.69, 9.17) is 9.84 Å². The fourth-order valence-electron chi connectivity index (χ4n) is 4.70. The van der Waals surface area contributed by atoms with Crippen LogP contribution in [0.4, 0.5) is 5.82 Å². The molecule has 1 N–H and O–H groups in total. The molecule has 0 radical (unpaired) electrons. The first-order valence-corrected chi connectivity index (χ1v) is 10.9. The lowest BCUT2D eigenvalue weighted by Gasteiger charge is -2.28. The molecule has 0 spiro atoms. The Balaban J connectivity index is 1.55. The number of aromatic nitrogens is 3. The van der Waals surface area contributed by atoms with Crippen LogP contribution >= 0.6 is 0 Å². The zero-order valence-electron chi connectivity index (χ0n) is 17.6. The first-order chi connectivity index (χ1) is 15.2. The predicted octanol–water partition coefficient (Wildman–Crippen LogP) is 4.12. The monoisotopic (exact) mass is 418 g/mol. The smallest absolute Gasteiger partial charge is 0.231 e.